The number of pyridine rings is 1. The highest BCUT2D eigenvalue weighted by molar-refractivity contribution is 9.10. The number of rotatable bonds is 4. The van der Waals surface area contributed by atoms with E-state index in [2.05, 4.69) is 20.9 Å². The number of carbonyl (C=O) groups excluding carboxylic acids is 1. The zero-order valence-electron chi connectivity index (χ0n) is 14.9. The maximum absolute atomic E-state index is 13.3. The first-order valence-electron chi connectivity index (χ1n) is 8.55. The van der Waals surface area contributed by atoms with Crippen molar-refractivity contribution in [2.45, 2.75) is 13.5 Å². The van der Waals surface area contributed by atoms with Crippen LogP contribution in [0.1, 0.15) is 21.6 Å². The Kier molecular flexibility index (Phi) is 5.44. The molecule has 1 amide bonds. The first kappa shape index (κ1) is 19.1. The predicted octanol–water partition coefficient (Wildman–Crippen LogP) is 6.26. The Balaban J connectivity index is 1.79. The molecule has 0 atom stereocenters. The highest BCUT2D eigenvalue weighted by atomic mass is 79.9. The largest absolute Gasteiger partial charge is 0.278 e. The summed E-state index contributed by atoms with van der Waals surface area (Å²) in [6, 6.07) is 16.7. The number of halogens is 2. The molecule has 140 valence electrons. The summed E-state index contributed by atoms with van der Waals surface area (Å²) >= 11 is 11.1. The molecule has 0 aliphatic heterocycles. The van der Waals surface area contributed by atoms with Crippen molar-refractivity contribution in [2.75, 3.05) is 4.90 Å². The van der Waals surface area contributed by atoms with E-state index in [-0.39, 0.29) is 5.91 Å². The van der Waals surface area contributed by atoms with Crippen LogP contribution in [-0.4, -0.2) is 15.9 Å². The van der Waals surface area contributed by atoms with Crippen molar-refractivity contribution in [3.8, 4) is 0 Å². The van der Waals surface area contributed by atoms with Crippen molar-refractivity contribution < 1.29 is 4.79 Å². The average Bonchev–Trinajstić information content (AvgIpc) is 3.11. The first-order chi connectivity index (χ1) is 13.5. The SMILES string of the molecule is Cc1cc(Cl)cc2sc(N(Cc3ccccn3)C(=O)c3ccc(Br)cc3)nc12. The van der Waals surface area contributed by atoms with Gasteiger partial charge < -0.3 is 0 Å². The van der Waals surface area contributed by atoms with Crippen molar-refractivity contribution >= 4 is 60.1 Å². The van der Waals surface area contributed by atoms with Crippen LogP contribution in [0.2, 0.25) is 5.02 Å². The summed E-state index contributed by atoms with van der Waals surface area (Å²) < 4.78 is 1.88. The number of carbonyl (C=O) groups is 1. The highest BCUT2D eigenvalue weighted by Gasteiger charge is 2.22. The highest BCUT2D eigenvalue weighted by Crippen LogP contribution is 2.34. The normalized spacial score (nSPS) is 11.0. The fourth-order valence-corrected chi connectivity index (χ4v) is 4.57. The third-order valence-corrected chi connectivity index (χ3v) is 6.02. The van der Waals surface area contributed by atoms with E-state index in [0.29, 0.717) is 22.3 Å². The van der Waals surface area contributed by atoms with Crippen molar-refractivity contribution in [2.24, 2.45) is 0 Å². The van der Waals surface area contributed by atoms with Gasteiger partial charge in [-0.1, -0.05) is 44.9 Å². The van der Waals surface area contributed by atoms with Crippen LogP contribution in [-0.2, 0) is 6.54 Å². The Labute approximate surface area is 179 Å². The Hall–Kier alpha value is -2.28. The van der Waals surface area contributed by atoms with Crippen LogP contribution in [0.25, 0.3) is 10.2 Å². The molecule has 4 rings (SSSR count). The van der Waals surface area contributed by atoms with Crippen molar-refractivity contribution in [1.29, 1.82) is 0 Å². The third-order valence-electron chi connectivity index (χ3n) is 4.25. The molecule has 0 aliphatic rings. The zero-order valence-corrected chi connectivity index (χ0v) is 18.1. The van der Waals surface area contributed by atoms with Gasteiger partial charge >= 0.3 is 0 Å². The minimum atomic E-state index is -0.124. The zero-order chi connectivity index (χ0) is 19.7. The third kappa shape index (κ3) is 3.94. The molecule has 0 spiro atoms. The fourth-order valence-electron chi connectivity index (χ4n) is 2.89. The van der Waals surface area contributed by atoms with Gasteiger partial charge in [-0.05, 0) is 61.0 Å². The molecule has 0 fully saturated rings. The number of thiazole rings is 1. The lowest BCUT2D eigenvalue weighted by molar-refractivity contribution is 0.0985. The van der Waals surface area contributed by atoms with Gasteiger partial charge in [0.15, 0.2) is 5.13 Å². The fraction of sp³-hybridized carbons (Fsp3) is 0.0952. The molecule has 7 heteroatoms. The molecule has 0 saturated carbocycles. The monoisotopic (exact) mass is 471 g/mol. The molecular formula is C21H15BrClN3OS. The van der Waals surface area contributed by atoms with Crippen LogP contribution < -0.4 is 4.90 Å². The standard InChI is InChI=1S/C21H15BrClN3OS/c1-13-10-16(23)11-18-19(13)25-21(28-18)26(12-17-4-2-3-9-24-17)20(27)14-5-7-15(22)8-6-14/h2-11H,12H2,1H3. The van der Waals surface area contributed by atoms with E-state index in [0.717, 1.165) is 25.9 Å². The minimum Gasteiger partial charge on any atom is -0.278 e. The molecule has 0 aliphatic carbocycles. The van der Waals surface area contributed by atoms with Crippen molar-refractivity contribution in [3.63, 3.8) is 0 Å². The van der Waals surface area contributed by atoms with E-state index in [1.165, 1.54) is 11.3 Å². The maximum atomic E-state index is 13.3. The molecule has 4 nitrogen and oxygen atoms in total. The molecule has 28 heavy (non-hydrogen) atoms. The molecule has 0 bridgehead atoms. The van der Waals surface area contributed by atoms with Crippen LogP contribution >= 0.6 is 38.9 Å². The Morgan fingerprint density at radius 3 is 2.68 bits per heavy atom. The van der Waals surface area contributed by atoms with Crippen molar-refractivity contribution in [3.05, 3.63) is 87.1 Å². The Morgan fingerprint density at radius 2 is 1.96 bits per heavy atom. The van der Waals surface area contributed by atoms with Gasteiger partial charge in [-0.25, -0.2) is 4.98 Å². The number of benzene rings is 2. The van der Waals surface area contributed by atoms with Crippen LogP contribution in [0.5, 0.6) is 0 Å². The second kappa shape index (κ2) is 7.99. The topological polar surface area (TPSA) is 46.1 Å². The van der Waals surface area contributed by atoms with E-state index in [1.807, 2.05) is 49.4 Å². The Morgan fingerprint density at radius 1 is 1.18 bits per heavy atom. The number of aromatic nitrogens is 2. The van der Waals surface area contributed by atoms with E-state index in [1.54, 1.807) is 23.2 Å². The number of anilines is 1. The second-order valence-corrected chi connectivity index (χ2v) is 8.65. The quantitative estimate of drug-likeness (QED) is 0.352. The maximum Gasteiger partial charge on any atom is 0.260 e. The number of hydrogen-bond donors (Lipinski definition) is 0. The van der Waals surface area contributed by atoms with Crippen LogP contribution in [0.3, 0.4) is 0 Å². The van der Waals surface area contributed by atoms with Crippen LogP contribution in [0.4, 0.5) is 5.13 Å². The number of nitrogens with zero attached hydrogens (tertiary/aromatic N) is 3. The van der Waals surface area contributed by atoms with Gasteiger partial charge in [0.2, 0.25) is 0 Å². The van der Waals surface area contributed by atoms with Crippen molar-refractivity contribution in [1.82, 2.24) is 9.97 Å². The lowest BCUT2D eigenvalue weighted by Crippen LogP contribution is -2.30. The van der Waals surface area contributed by atoms with Gasteiger partial charge in [0.25, 0.3) is 5.91 Å². The summed E-state index contributed by atoms with van der Waals surface area (Å²) in [6.07, 6.45) is 1.72. The van der Waals surface area contributed by atoms with Gasteiger partial charge in [-0.2, -0.15) is 0 Å². The van der Waals surface area contributed by atoms with Crippen LogP contribution in [0.15, 0.2) is 65.3 Å². The molecule has 4 aromatic rings. The van der Waals surface area contributed by atoms with Gasteiger partial charge in [0, 0.05) is 21.3 Å². The number of amides is 1. The van der Waals surface area contributed by atoms with E-state index in [4.69, 9.17) is 16.6 Å². The van der Waals surface area contributed by atoms with Gasteiger partial charge in [0.1, 0.15) is 0 Å². The van der Waals surface area contributed by atoms with Gasteiger partial charge in [-0.3, -0.25) is 14.7 Å². The second-order valence-electron chi connectivity index (χ2n) is 6.29. The molecule has 2 aromatic heterocycles. The Bertz CT molecular complexity index is 1150. The lowest BCUT2D eigenvalue weighted by atomic mass is 10.2. The summed E-state index contributed by atoms with van der Waals surface area (Å²) in [5, 5.41) is 1.29. The number of hydrogen-bond acceptors (Lipinski definition) is 4. The molecule has 0 radical (unpaired) electrons. The first-order valence-corrected chi connectivity index (χ1v) is 10.5. The summed E-state index contributed by atoms with van der Waals surface area (Å²) in [4.78, 5) is 24.1. The van der Waals surface area contributed by atoms with E-state index in [9.17, 15) is 4.79 Å². The summed E-state index contributed by atoms with van der Waals surface area (Å²) in [6.45, 7) is 2.31. The molecular weight excluding hydrogens is 458 g/mol. The molecule has 0 N–H and O–H groups in total. The minimum absolute atomic E-state index is 0.124. The summed E-state index contributed by atoms with van der Waals surface area (Å²) in [5.74, 6) is -0.124. The van der Waals surface area contributed by atoms with Gasteiger partial charge in [-0.15, -0.1) is 0 Å². The smallest absolute Gasteiger partial charge is 0.260 e. The molecule has 0 unspecified atom stereocenters. The molecule has 2 heterocycles. The number of aryl methyl sites for hydroxylation is 1. The molecule has 2 aromatic carbocycles. The average molecular weight is 473 g/mol. The predicted molar refractivity (Wildman–Crippen MR) is 118 cm³/mol. The lowest BCUT2D eigenvalue weighted by Gasteiger charge is -2.19. The molecule has 0 saturated heterocycles. The van der Waals surface area contributed by atoms with Crippen LogP contribution in [0, 0.1) is 6.92 Å². The van der Waals surface area contributed by atoms with E-state index >= 15 is 0 Å². The van der Waals surface area contributed by atoms with Gasteiger partial charge in [0.05, 0.1) is 22.5 Å². The summed E-state index contributed by atoms with van der Waals surface area (Å²) in [5.41, 5.74) is 3.23. The summed E-state index contributed by atoms with van der Waals surface area (Å²) in [7, 11) is 0. The number of fused-ring (bicyclic) bond motifs is 1. The van der Waals surface area contributed by atoms with E-state index < -0.39 is 0 Å².